The highest BCUT2D eigenvalue weighted by molar-refractivity contribution is 5.45. The van der Waals surface area contributed by atoms with Gasteiger partial charge >= 0.3 is 0 Å². The van der Waals surface area contributed by atoms with Gasteiger partial charge in [-0.05, 0) is 12.8 Å². The van der Waals surface area contributed by atoms with Gasteiger partial charge < -0.3 is 10.4 Å². The summed E-state index contributed by atoms with van der Waals surface area (Å²) in [5.74, 6) is -3.34. The van der Waals surface area contributed by atoms with Gasteiger partial charge in [0.25, 0.3) is 0 Å². The Morgan fingerprint density at radius 3 is 2.41 bits per heavy atom. The average Bonchev–Trinajstić information content (AvgIpc) is 2.21. The molecular formula is C12H16F3NO. The van der Waals surface area contributed by atoms with Crippen LogP contribution < -0.4 is 5.32 Å². The maximum Gasteiger partial charge on any atom is 0.182 e. The van der Waals surface area contributed by atoms with Gasteiger partial charge in [-0.3, -0.25) is 0 Å². The molecule has 0 spiro atoms. The topological polar surface area (TPSA) is 32.3 Å². The minimum Gasteiger partial charge on any atom is -0.388 e. The van der Waals surface area contributed by atoms with Crippen LogP contribution in [0.3, 0.4) is 0 Å². The quantitative estimate of drug-likeness (QED) is 0.802. The van der Waals surface area contributed by atoms with E-state index in [0.717, 1.165) is 6.07 Å². The second-order valence-corrected chi connectivity index (χ2v) is 4.61. The number of halogens is 3. The Hall–Kier alpha value is -1.23. The fourth-order valence-electron chi connectivity index (χ4n) is 1.16. The van der Waals surface area contributed by atoms with E-state index in [2.05, 4.69) is 5.32 Å². The monoisotopic (exact) mass is 247 g/mol. The maximum atomic E-state index is 13.3. The highest BCUT2D eigenvalue weighted by Crippen LogP contribution is 2.22. The third-order valence-corrected chi connectivity index (χ3v) is 2.87. The molecule has 1 aromatic rings. The summed E-state index contributed by atoms with van der Waals surface area (Å²) in [4.78, 5) is 0. The molecule has 0 fully saturated rings. The summed E-state index contributed by atoms with van der Waals surface area (Å²) in [6.45, 7) is 5.16. The van der Waals surface area contributed by atoms with Gasteiger partial charge in [0.15, 0.2) is 11.6 Å². The fourth-order valence-corrected chi connectivity index (χ4v) is 1.16. The van der Waals surface area contributed by atoms with Crippen LogP contribution in [-0.2, 0) is 0 Å². The van der Waals surface area contributed by atoms with E-state index in [4.69, 9.17) is 0 Å². The molecule has 0 aliphatic rings. The summed E-state index contributed by atoms with van der Waals surface area (Å²) in [6.07, 6.45) is 0. The molecule has 1 unspecified atom stereocenters. The highest BCUT2D eigenvalue weighted by Gasteiger charge is 2.25. The van der Waals surface area contributed by atoms with E-state index in [1.807, 2.05) is 0 Å². The Labute approximate surface area is 98.5 Å². The zero-order valence-electron chi connectivity index (χ0n) is 10.0. The van der Waals surface area contributed by atoms with Crippen LogP contribution in [0.25, 0.3) is 0 Å². The molecular weight excluding hydrogens is 231 g/mol. The van der Waals surface area contributed by atoms with Gasteiger partial charge in [-0.25, -0.2) is 13.2 Å². The number of hydrogen-bond donors (Lipinski definition) is 2. The van der Waals surface area contributed by atoms with E-state index < -0.39 is 23.1 Å². The molecule has 0 aromatic heterocycles. The van der Waals surface area contributed by atoms with Gasteiger partial charge in [-0.1, -0.05) is 13.8 Å². The lowest BCUT2D eigenvalue weighted by Gasteiger charge is -2.28. The van der Waals surface area contributed by atoms with E-state index in [-0.39, 0.29) is 18.2 Å². The molecule has 0 aliphatic carbocycles. The van der Waals surface area contributed by atoms with Crippen LogP contribution >= 0.6 is 0 Å². The molecule has 0 saturated carbocycles. The third-order valence-electron chi connectivity index (χ3n) is 2.87. The van der Waals surface area contributed by atoms with E-state index >= 15 is 0 Å². The van der Waals surface area contributed by atoms with Gasteiger partial charge in [0.1, 0.15) is 5.82 Å². The van der Waals surface area contributed by atoms with E-state index in [1.165, 1.54) is 0 Å². The first-order chi connectivity index (χ1) is 7.74. The van der Waals surface area contributed by atoms with Crippen LogP contribution in [0.4, 0.5) is 18.9 Å². The van der Waals surface area contributed by atoms with Gasteiger partial charge in [0.2, 0.25) is 0 Å². The largest absolute Gasteiger partial charge is 0.388 e. The molecule has 5 heteroatoms. The van der Waals surface area contributed by atoms with Crippen molar-refractivity contribution in [3.63, 3.8) is 0 Å². The zero-order valence-corrected chi connectivity index (χ0v) is 10.0. The number of hydrogen-bond acceptors (Lipinski definition) is 2. The predicted molar refractivity (Wildman–Crippen MR) is 60.3 cm³/mol. The molecule has 2 N–H and O–H groups in total. The van der Waals surface area contributed by atoms with Crippen LogP contribution in [-0.4, -0.2) is 17.3 Å². The Balaban J connectivity index is 2.83. The molecule has 1 rings (SSSR count). The van der Waals surface area contributed by atoms with Crippen molar-refractivity contribution in [3.05, 3.63) is 29.6 Å². The summed E-state index contributed by atoms with van der Waals surface area (Å²) in [7, 11) is 0. The van der Waals surface area contributed by atoms with Crippen molar-refractivity contribution >= 4 is 5.69 Å². The molecule has 96 valence electrons. The van der Waals surface area contributed by atoms with E-state index in [1.54, 1.807) is 20.8 Å². The summed E-state index contributed by atoms with van der Waals surface area (Å²) in [5, 5.41) is 12.4. The molecule has 2 nitrogen and oxygen atoms in total. The van der Waals surface area contributed by atoms with Crippen molar-refractivity contribution < 1.29 is 18.3 Å². The molecule has 0 bridgehead atoms. The first-order valence-electron chi connectivity index (χ1n) is 5.35. The molecule has 0 radical (unpaired) electrons. The number of anilines is 1. The second-order valence-electron chi connectivity index (χ2n) is 4.61. The lowest BCUT2D eigenvalue weighted by atomic mass is 9.92. The van der Waals surface area contributed by atoms with Crippen LogP contribution in [0.2, 0.25) is 0 Å². The van der Waals surface area contributed by atoms with Gasteiger partial charge in [0.05, 0.1) is 11.3 Å². The first-order valence-corrected chi connectivity index (χ1v) is 5.35. The standard InChI is InChI=1S/C12H16F3NO/c1-7(2)12(3,17)6-16-10-5-8(13)4-9(14)11(10)15/h4-5,7,16-17H,6H2,1-3H3. The van der Waals surface area contributed by atoms with Crippen molar-refractivity contribution in [2.75, 3.05) is 11.9 Å². The van der Waals surface area contributed by atoms with Crippen LogP contribution in [0.1, 0.15) is 20.8 Å². The third kappa shape index (κ3) is 3.36. The molecule has 0 aliphatic heterocycles. The first kappa shape index (κ1) is 13.8. The molecule has 0 amide bonds. The average molecular weight is 247 g/mol. The number of aliphatic hydroxyl groups is 1. The smallest absolute Gasteiger partial charge is 0.182 e. The predicted octanol–water partition coefficient (Wildman–Crippen LogP) is 2.92. The molecule has 0 saturated heterocycles. The molecule has 0 heterocycles. The maximum absolute atomic E-state index is 13.3. The van der Waals surface area contributed by atoms with E-state index in [0.29, 0.717) is 6.07 Å². The minimum absolute atomic E-state index is 0.00444. The second kappa shape index (κ2) is 4.96. The summed E-state index contributed by atoms with van der Waals surface area (Å²) >= 11 is 0. The minimum atomic E-state index is -1.25. The number of rotatable bonds is 4. The van der Waals surface area contributed by atoms with Gasteiger partial charge in [-0.15, -0.1) is 0 Å². The van der Waals surface area contributed by atoms with Crippen molar-refractivity contribution in [1.82, 2.24) is 0 Å². The van der Waals surface area contributed by atoms with Crippen LogP contribution in [0.5, 0.6) is 0 Å². The van der Waals surface area contributed by atoms with Gasteiger partial charge in [-0.2, -0.15) is 0 Å². The summed E-state index contributed by atoms with van der Waals surface area (Å²) < 4.78 is 39.1. The lowest BCUT2D eigenvalue weighted by molar-refractivity contribution is 0.0265. The highest BCUT2D eigenvalue weighted by atomic mass is 19.2. The van der Waals surface area contributed by atoms with Crippen molar-refractivity contribution in [2.24, 2.45) is 5.92 Å². The Kier molecular flexibility index (Phi) is 4.03. The van der Waals surface area contributed by atoms with Crippen molar-refractivity contribution in [3.8, 4) is 0 Å². The Morgan fingerprint density at radius 2 is 1.88 bits per heavy atom. The van der Waals surface area contributed by atoms with Gasteiger partial charge in [0, 0.05) is 18.7 Å². The SMILES string of the molecule is CC(C)C(C)(O)CNc1cc(F)cc(F)c1F. The number of benzene rings is 1. The number of nitrogens with one attached hydrogen (secondary N) is 1. The molecule has 1 atom stereocenters. The zero-order chi connectivity index (χ0) is 13.2. The summed E-state index contributed by atoms with van der Waals surface area (Å²) in [6, 6.07) is 1.33. The van der Waals surface area contributed by atoms with Crippen molar-refractivity contribution in [1.29, 1.82) is 0 Å². The summed E-state index contributed by atoms with van der Waals surface area (Å²) in [5.41, 5.74) is -1.38. The Bertz CT molecular complexity index is 405. The van der Waals surface area contributed by atoms with Crippen molar-refractivity contribution in [2.45, 2.75) is 26.4 Å². The molecule has 17 heavy (non-hydrogen) atoms. The van der Waals surface area contributed by atoms with Crippen LogP contribution in [0.15, 0.2) is 12.1 Å². The van der Waals surface area contributed by atoms with E-state index in [9.17, 15) is 18.3 Å². The molecule has 1 aromatic carbocycles. The normalized spacial score (nSPS) is 14.8. The lowest BCUT2D eigenvalue weighted by Crippen LogP contribution is -2.38. The van der Waals surface area contributed by atoms with Crippen LogP contribution in [0, 0.1) is 23.4 Å². The fraction of sp³-hybridized carbons (Fsp3) is 0.500. The Morgan fingerprint density at radius 1 is 1.29 bits per heavy atom.